The Balaban J connectivity index is 1.61. The van der Waals surface area contributed by atoms with Crippen molar-refractivity contribution < 1.29 is 22.7 Å². The maximum absolute atomic E-state index is 12.2. The van der Waals surface area contributed by atoms with E-state index in [1.165, 1.54) is 10.6 Å². The Kier molecular flexibility index (Phi) is 5.90. The molecule has 3 rings (SSSR count). The molecule has 1 amide bonds. The van der Waals surface area contributed by atoms with E-state index in [9.17, 15) is 13.2 Å². The number of hydrogen-bond donors (Lipinski definition) is 1. The van der Waals surface area contributed by atoms with Crippen LogP contribution in [0.25, 0.3) is 0 Å². The Hall–Kier alpha value is -1.96. The van der Waals surface area contributed by atoms with Crippen molar-refractivity contribution in [1.29, 1.82) is 0 Å². The van der Waals surface area contributed by atoms with Crippen LogP contribution in [0, 0.1) is 0 Å². The van der Waals surface area contributed by atoms with Crippen LogP contribution in [0.3, 0.4) is 0 Å². The molecule has 1 heterocycles. The van der Waals surface area contributed by atoms with Gasteiger partial charge in [-0.25, -0.2) is 8.42 Å². The highest BCUT2D eigenvalue weighted by Gasteiger charge is 2.22. The molecule has 0 radical (unpaired) electrons. The van der Waals surface area contributed by atoms with Gasteiger partial charge in [-0.3, -0.25) is 9.10 Å². The fraction of sp³-hybridized carbons (Fsp3) is 0.611. The van der Waals surface area contributed by atoms with Gasteiger partial charge in [0.25, 0.3) is 0 Å². The highest BCUT2D eigenvalue weighted by atomic mass is 32.2. The van der Waals surface area contributed by atoms with Crippen LogP contribution < -0.4 is 19.1 Å². The van der Waals surface area contributed by atoms with Crippen LogP contribution in [0.2, 0.25) is 0 Å². The van der Waals surface area contributed by atoms with Crippen molar-refractivity contribution in [3.8, 4) is 11.5 Å². The molecule has 1 aliphatic carbocycles. The smallest absolute Gasteiger partial charge is 0.232 e. The monoisotopic (exact) mass is 382 g/mol. The minimum atomic E-state index is -3.46. The van der Waals surface area contributed by atoms with Crippen molar-refractivity contribution in [3.05, 3.63) is 18.2 Å². The summed E-state index contributed by atoms with van der Waals surface area (Å²) in [5.41, 5.74) is 0.521. The fourth-order valence-electron chi connectivity index (χ4n) is 3.43. The summed E-state index contributed by atoms with van der Waals surface area (Å²) in [5.74, 6) is 1.15. The minimum absolute atomic E-state index is 0.00692. The highest BCUT2D eigenvalue weighted by Crippen LogP contribution is 2.34. The summed E-state index contributed by atoms with van der Waals surface area (Å²) in [5, 5.41) is 3.03. The molecule has 0 aromatic heterocycles. The van der Waals surface area contributed by atoms with Gasteiger partial charge >= 0.3 is 0 Å². The van der Waals surface area contributed by atoms with Gasteiger partial charge < -0.3 is 14.8 Å². The Morgan fingerprint density at radius 2 is 1.88 bits per heavy atom. The molecule has 144 valence electrons. The molecule has 1 aromatic rings. The van der Waals surface area contributed by atoms with Crippen LogP contribution >= 0.6 is 0 Å². The topological polar surface area (TPSA) is 84.9 Å². The van der Waals surface area contributed by atoms with Crippen LogP contribution in [0.5, 0.6) is 11.5 Å². The van der Waals surface area contributed by atoms with Gasteiger partial charge in [-0.2, -0.15) is 0 Å². The molecule has 26 heavy (non-hydrogen) atoms. The quantitative estimate of drug-likeness (QED) is 0.780. The second-order valence-electron chi connectivity index (χ2n) is 6.82. The molecule has 0 spiro atoms. The number of sulfonamides is 1. The SMILES string of the molecule is CS(=O)(=O)N(CCCC(=O)NC1CCCC1)c1ccc2c(c1)OCCO2. The lowest BCUT2D eigenvalue weighted by Crippen LogP contribution is -2.34. The number of rotatable bonds is 7. The van der Waals surface area contributed by atoms with E-state index in [2.05, 4.69) is 5.32 Å². The molecule has 2 aliphatic rings. The number of hydrogen-bond acceptors (Lipinski definition) is 5. The molecule has 0 bridgehead atoms. The number of nitrogens with one attached hydrogen (secondary N) is 1. The normalized spacial score (nSPS) is 17.1. The molecular formula is C18H26N2O5S. The molecule has 0 unspecified atom stereocenters. The second kappa shape index (κ2) is 8.16. The van der Waals surface area contributed by atoms with Crippen molar-refractivity contribution in [3.63, 3.8) is 0 Å². The summed E-state index contributed by atoms with van der Waals surface area (Å²) in [6.07, 6.45) is 6.35. The highest BCUT2D eigenvalue weighted by molar-refractivity contribution is 7.92. The zero-order valence-electron chi connectivity index (χ0n) is 15.1. The molecule has 1 saturated carbocycles. The Morgan fingerprint density at radius 3 is 2.58 bits per heavy atom. The first-order valence-electron chi connectivity index (χ1n) is 9.10. The van der Waals surface area contributed by atoms with E-state index in [4.69, 9.17) is 9.47 Å². The lowest BCUT2D eigenvalue weighted by Gasteiger charge is -2.25. The van der Waals surface area contributed by atoms with Crippen molar-refractivity contribution in [2.45, 2.75) is 44.6 Å². The first-order valence-corrected chi connectivity index (χ1v) is 10.9. The van der Waals surface area contributed by atoms with Crippen LogP contribution in [0.1, 0.15) is 38.5 Å². The number of nitrogens with zero attached hydrogens (tertiary/aromatic N) is 1. The number of benzene rings is 1. The van der Waals surface area contributed by atoms with Gasteiger partial charge in [0.1, 0.15) is 13.2 Å². The summed E-state index contributed by atoms with van der Waals surface area (Å²) < 4.78 is 36.7. The summed E-state index contributed by atoms with van der Waals surface area (Å²) in [4.78, 5) is 12.0. The lowest BCUT2D eigenvalue weighted by molar-refractivity contribution is -0.121. The van der Waals surface area contributed by atoms with Crippen LogP contribution in [0.4, 0.5) is 5.69 Å². The Bertz CT molecular complexity index is 744. The van der Waals surface area contributed by atoms with Crippen LogP contribution in [-0.2, 0) is 14.8 Å². The molecule has 0 atom stereocenters. The standard InChI is InChI=1S/C18H26N2O5S/c1-26(22,23)20(10-4-7-18(21)19-14-5-2-3-6-14)15-8-9-16-17(13-15)25-12-11-24-16/h8-9,13-14H,2-7,10-12H2,1H3,(H,19,21). The predicted molar refractivity (Wildman–Crippen MR) is 99.3 cm³/mol. The molecular weight excluding hydrogens is 356 g/mol. The van der Waals surface area contributed by atoms with Gasteiger partial charge in [0.05, 0.1) is 11.9 Å². The third-order valence-electron chi connectivity index (χ3n) is 4.70. The zero-order chi connectivity index (χ0) is 18.6. The van der Waals surface area contributed by atoms with Crippen LogP contribution in [-0.4, -0.2) is 46.4 Å². The van der Waals surface area contributed by atoms with Crippen molar-refractivity contribution in [1.82, 2.24) is 5.32 Å². The van der Waals surface area contributed by atoms with Crippen LogP contribution in [0.15, 0.2) is 18.2 Å². The van der Waals surface area contributed by atoms with E-state index in [0.717, 1.165) is 25.7 Å². The zero-order valence-corrected chi connectivity index (χ0v) is 15.9. The molecule has 0 saturated heterocycles. The van der Waals surface area contributed by atoms with Gasteiger partial charge in [-0.1, -0.05) is 12.8 Å². The number of carbonyl (C=O) groups is 1. The summed E-state index contributed by atoms with van der Waals surface area (Å²) in [6.45, 7) is 1.17. The summed E-state index contributed by atoms with van der Waals surface area (Å²) in [7, 11) is -3.46. The Morgan fingerprint density at radius 1 is 1.19 bits per heavy atom. The van der Waals surface area contributed by atoms with Crippen molar-refractivity contribution in [2.24, 2.45) is 0 Å². The molecule has 8 heteroatoms. The number of ether oxygens (including phenoxy) is 2. The van der Waals surface area contributed by atoms with Gasteiger partial charge in [0.15, 0.2) is 11.5 Å². The molecule has 1 N–H and O–H groups in total. The first-order chi connectivity index (χ1) is 12.4. The summed E-state index contributed by atoms with van der Waals surface area (Å²) in [6, 6.07) is 5.38. The van der Waals surface area contributed by atoms with E-state index in [1.54, 1.807) is 18.2 Å². The number of anilines is 1. The average molecular weight is 382 g/mol. The number of amides is 1. The van der Waals surface area contributed by atoms with Gasteiger partial charge in [-0.15, -0.1) is 0 Å². The third-order valence-corrected chi connectivity index (χ3v) is 5.89. The maximum atomic E-state index is 12.2. The number of carbonyl (C=O) groups excluding carboxylic acids is 1. The molecule has 7 nitrogen and oxygen atoms in total. The van der Waals surface area contributed by atoms with Crippen molar-refractivity contribution in [2.75, 3.05) is 30.3 Å². The summed E-state index contributed by atoms with van der Waals surface area (Å²) >= 11 is 0. The molecule has 1 aliphatic heterocycles. The van der Waals surface area contributed by atoms with E-state index in [-0.39, 0.29) is 18.5 Å². The van der Waals surface area contributed by atoms with Gasteiger partial charge in [-0.05, 0) is 31.4 Å². The predicted octanol–water partition coefficient (Wildman–Crippen LogP) is 2.06. The molecule has 1 fully saturated rings. The second-order valence-corrected chi connectivity index (χ2v) is 8.72. The van der Waals surface area contributed by atoms with E-state index in [1.807, 2.05) is 0 Å². The fourth-order valence-corrected chi connectivity index (χ4v) is 4.38. The van der Waals surface area contributed by atoms with Gasteiger partial charge in [0, 0.05) is 25.1 Å². The largest absolute Gasteiger partial charge is 0.486 e. The minimum Gasteiger partial charge on any atom is -0.486 e. The van der Waals surface area contributed by atoms with Crippen molar-refractivity contribution >= 4 is 21.6 Å². The van der Waals surface area contributed by atoms with E-state index >= 15 is 0 Å². The van der Waals surface area contributed by atoms with Gasteiger partial charge in [0.2, 0.25) is 15.9 Å². The van der Waals surface area contributed by atoms with E-state index < -0.39 is 10.0 Å². The Labute approximate surface area is 154 Å². The van der Waals surface area contributed by atoms with E-state index in [0.29, 0.717) is 43.2 Å². The average Bonchev–Trinajstić information content (AvgIpc) is 3.10. The number of fused-ring (bicyclic) bond motifs is 1. The first kappa shape index (κ1) is 18.8. The molecule has 1 aromatic carbocycles. The third kappa shape index (κ3) is 4.81. The lowest BCUT2D eigenvalue weighted by atomic mass is 10.2. The maximum Gasteiger partial charge on any atom is 0.232 e.